The molecule has 4 heteroatoms. The van der Waals surface area contributed by atoms with Gasteiger partial charge in [-0.05, 0) is 64.2 Å². The van der Waals surface area contributed by atoms with Crippen LogP contribution in [0.15, 0.2) is 0 Å². The van der Waals surface area contributed by atoms with Crippen LogP contribution in [0.4, 0.5) is 0 Å². The fourth-order valence-electron chi connectivity index (χ4n) is 3.72. The highest BCUT2D eigenvalue weighted by Crippen LogP contribution is 2.31. The molecule has 0 aromatic heterocycles. The Labute approximate surface area is 130 Å². The highest BCUT2D eigenvalue weighted by molar-refractivity contribution is 5.83. The molecule has 2 aliphatic rings. The van der Waals surface area contributed by atoms with Crippen LogP contribution in [0.2, 0.25) is 0 Å². The minimum Gasteiger partial charge on any atom is -0.356 e. The first-order chi connectivity index (χ1) is 10.2. The molecule has 2 rings (SSSR count). The molecule has 0 aliphatic carbocycles. The molecule has 2 saturated heterocycles. The SMILES string of the molecule is CCCC1(C(=O)NCCCN2CCC(C)CC2)CCNC1. The summed E-state index contributed by atoms with van der Waals surface area (Å²) in [5.41, 5.74) is -0.130. The largest absolute Gasteiger partial charge is 0.356 e. The third-order valence-electron chi connectivity index (χ3n) is 5.27. The van der Waals surface area contributed by atoms with E-state index >= 15 is 0 Å². The molecule has 1 atom stereocenters. The summed E-state index contributed by atoms with van der Waals surface area (Å²) in [6.45, 7) is 10.8. The Morgan fingerprint density at radius 2 is 2.14 bits per heavy atom. The number of hydrogen-bond donors (Lipinski definition) is 2. The molecule has 0 aromatic rings. The summed E-state index contributed by atoms with van der Waals surface area (Å²) in [5, 5.41) is 6.55. The maximum Gasteiger partial charge on any atom is 0.227 e. The first kappa shape index (κ1) is 16.8. The summed E-state index contributed by atoms with van der Waals surface area (Å²) < 4.78 is 0. The molecule has 0 bridgehead atoms. The van der Waals surface area contributed by atoms with Crippen LogP contribution in [0.25, 0.3) is 0 Å². The zero-order valence-corrected chi connectivity index (χ0v) is 13.9. The van der Waals surface area contributed by atoms with Crippen LogP contribution in [-0.4, -0.2) is 50.1 Å². The lowest BCUT2D eigenvalue weighted by molar-refractivity contribution is -0.130. The van der Waals surface area contributed by atoms with Crippen molar-refractivity contribution in [2.75, 3.05) is 39.3 Å². The second-order valence-corrected chi connectivity index (χ2v) is 7.09. The Bertz CT molecular complexity index is 318. The number of nitrogens with one attached hydrogen (secondary N) is 2. The molecule has 4 nitrogen and oxygen atoms in total. The average Bonchev–Trinajstić information content (AvgIpc) is 2.95. The third-order valence-corrected chi connectivity index (χ3v) is 5.27. The predicted octanol–water partition coefficient (Wildman–Crippen LogP) is 2.00. The first-order valence-corrected chi connectivity index (χ1v) is 8.88. The van der Waals surface area contributed by atoms with Gasteiger partial charge in [-0.25, -0.2) is 0 Å². The van der Waals surface area contributed by atoms with E-state index in [9.17, 15) is 4.79 Å². The van der Waals surface area contributed by atoms with Gasteiger partial charge in [-0.2, -0.15) is 0 Å². The number of piperidine rings is 1. The van der Waals surface area contributed by atoms with Crippen molar-refractivity contribution in [3.63, 3.8) is 0 Å². The Morgan fingerprint density at radius 1 is 1.38 bits per heavy atom. The quantitative estimate of drug-likeness (QED) is 0.706. The second kappa shape index (κ2) is 8.14. The van der Waals surface area contributed by atoms with Crippen molar-refractivity contribution >= 4 is 5.91 Å². The monoisotopic (exact) mass is 295 g/mol. The van der Waals surface area contributed by atoms with E-state index in [1.54, 1.807) is 0 Å². The number of rotatable bonds is 7. The van der Waals surface area contributed by atoms with Crippen molar-refractivity contribution in [1.82, 2.24) is 15.5 Å². The van der Waals surface area contributed by atoms with E-state index in [2.05, 4.69) is 29.4 Å². The highest BCUT2D eigenvalue weighted by Gasteiger charge is 2.39. The van der Waals surface area contributed by atoms with E-state index in [1.165, 1.54) is 25.9 Å². The van der Waals surface area contributed by atoms with Crippen molar-refractivity contribution < 1.29 is 4.79 Å². The molecule has 2 aliphatic heterocycles. The summed E-state index contributed by atoms with van der Waals surface area (Å²) in [5.74, 6) is 1.17. The molecule has 0 radical (unpaired) electrons. The van der Waals surface area contributed by atoms with Gasteiger partial charge < -0.3 is 15.5 Å². The van der Waals surface area contributed by atoms with Crippen LogP contribution in [0, 0.1) is 11.3 Å². The number of amides is 1. The Kier molecular flexibility index (Phi) is 6.49. The zero-order valence-electron chi connectivity index (χ0n) is 13.9. The molecule has 1 unspecified atom stereocenters. The molecule has 1 amide bonds. The van der Waals surface area contributed by atoms with E-state index in [0.29, 0.717) is 0 Å². The smallest absolute Gasteiger partial charge is 0.227 e. The van der Waals surface area contributed by atoms with Gasteiger partial charge >= 0.3 is 0 Å². The van der Waals surface area contributed by atoms with E-state index < -0.39 is 0 Å². The van der Waals surface area contributed by atoms with Crippen LogP contribution >= 0.6 is 0 Å². The summed E-state index contributed by atoms with van der Waals surface area (Å²) in [7, 11) is 0. The van der Waals surface area contributed by atoms with E-state index in [0.717, 1.165) is 57.8 Å². The lowest BCUT2D eigenvalue weighted by atomic mass is 9.81. The van der Waals surface area contributed by atoms with Crippen LogP contribution in [0.1, 0.15) is 52.4 Å². The van der Waals surface area contributed by atoms with Crippen LogP contribution in [0.5, 0.6) is 0 Å². The van der Waals surface area contributed by atoms with Gasteiger partial charge in [0, 0.05) is 13.1 Å². The standard InChI is InChI=1S/C17H33N3O/c1-3-7-17(8-10-18-14-17)16(21)19-9-4-11-20-12-5-15(2)6-13-20/h15,18H,3-14H2,1-2H3,(H,19,21). The van der Waals surface area contributed by atoms with Crippen molar-refractivity contribution in [2.24, 2.45) is 11.3 Å². The molecule has 0 aromatic carbocycles. The highest BCUT2D eigenvalue weighted by atomic mass is 16.2. The van der Waals surface area contributed by atoms with Gasteiger partial charge in [0.1, 0.15) is 0 Å². The third kappa shape index (κ3) is 4.68. The fourth-order valence-corrected chi connectivity index (χ4v) is 3.72. The zero-order chi connectivity index (χ0) is 15.1. The van der Waals surface area contributed by atoms with Crippen molar-refractivity contribution in [3.8, 4) is 0 Å². The maximum absolute atomic E-state index is 12.5. The molecular weight excluding hydrogens is 262 g/mol. The Hall–Kier alpha value is -0.610. The summed E-state index contributed by atoms with van der Waals surface area (Å²) >= 11 is 0. The first-order valence-electron chi connectivity index (χ1n) is 8.88. The summed E-state index contributed by atoms with van der Waals surface area (Å²) in [6.07, 6.45) is 6.83. The number of hydrogen-bond acceptors (Lipinski definition) is 3. The predicted molar refractivity (Wildman–Crippen MR) is 87.3 cm³/mol. The average molecular weight is 295 g/mol. The van der Waals surface area contributed by atoms with Crippen LogP contribution in [-0.2, 0) is 4.79 Å². The number of likely N-dealkylation sites (tertiary alicyclic amines) is 1. The summed E-state index contributed by atoms with van der Waals surface area (Å²) in [4.78, 5) is 15.0. The van der Waals surface area contributed by atoms with Crippen molar-refractivity contribution in [2.45, 2.75) is 52.4 Å². The molecular formula is C17H33N3O. The topological polar surface area (TPSA) is 44.4 Å². The van der Waals surface area contributed by atoms with Crippen LogP contribution in [0.3, 0.4) is 0 Å². The van der Waals surface area contributed by atoms with Crippen molar-refractivity contribution in [3.05, 3.63) is 0 Å². The molecule has 2 N–H and O–H groups in total. The molecule has 0 saturated carbocycles. The van der Waals surface area contributed by atoms with Crippen LogP contribution < -0.4 is 10.6 Å². The Balaban J connectivity index is 1.64. The van der Waals surface area contributed by atoms with Gasteiger partial charge in [-0.1, -0.05) is 20.3 Å². The van der Waals surface area contributed by atoms with Gasteiger partial charge in [-0.15, -0.1) is 0 Å². The van der Waals surface area contributed by atoms with Gasteiger partial charge in [-0.3, -0.25) is 4.79 Å². The van der Waals surface area contributed by atoms with Gasteiger partial charge in [0.25, 0.3) is 0 Å². The van der Waals surface area contributed by atoms with E-state index in [4.69, 9.17) is 0 Å². The van der Waals surface area contributed by atoms with E-state index in [-0.39, 0.29) is 11.3 Å². The lowest BCUT2D eigenvalue weighted by Gasteiger charge is -2.30. The van der Waals surface area contributed by atoms with E-state index in [1.807, 2.05) is 0 Å². The molecule has 0 spiro atoms. The van der Waals surface area contributed by atoms with Gasteiger partial charge in [0.15, 0.2) is 0 Å². The lowest BCUT2D eigenvalue weighted by Crippen LogP contribution is -2.43. The molecule has 21 heavy (non-hydrogen) atoms. The molecule has 2 heterocycles. The number of carbonyl (C=O) groups is 1. The Morgan fingerprint density at radius 3 is 2.76 bits per heavy atom. The molecule has 2 fully saturated rings. The molecule has 122 valence electrons. The summed E-state index contributed by atoms with van der Waals surface area (Å²) in [6, 6.07) is 0. The van der Waals surface area contributed by atoms with Crippen molar-refractivity contribution in [1.29, 1.82) is 0 Å². The number of nitrogens with zero attached hydrogens (tertiary/aromatic N) is 1. The second-order valence-electron chi connectivity index (χ2n) is 7.09. The van der Waals surface area contributed by atoms with Gasteiger partial charge in [0.05, 0.1) is 5.41 Å². The minimum absolute atomic E-state index is 0.130. The minimum atomic E-state index is -0.130. The van der Waals surface area contributed by atoms with Gasteiger partial charge in [0.2, 0.25) is 5.91 Å². The maximum atomic E-state index is 12.5. The number of carbonyl (C=O) groups excluding carboxylic acids is 1. The normalized spacial score (nSPS) is 27.9. The fraction of sp³-hybridized carbons (Fsp3) is 0.941.